The Labute approximate surface area is 179 Å². The second-order valence-electron chi connectivity index (χ2n) is 9.65. The number of nitrogens with one attached hydrogen (secondary N) is 2. The van der Waals surface area contributed by atoms with E-state index >= 15 is 0 Å². The van der Waals surface area contributed by atoms with Gasteiger partial charge in [-0.1, -0.05) is 26.0 Å². The van der Waals surface area contributed by atoms with Gasteiger partial charge in [0.15, 0.2) is 5.69 Å². The van der Waals surface area contributed by atoms with Crippen LogP contribution in [0.25, 0.3) is 0 Å². The van der Waals surface area contributed by atoms with Crippen LogP contribution < -0.4 is 10.6 Å². The first-order chi connectivity index (χ1) is 13.0. The molecule has 2 aromatic heterocycles. The zero-order valence-electron chi connectivity index (χ0n) is 18.5. The predicted molar refractivity (Wildman–Crippen MR) is 117 cm³/mol. The van der Waals surface area contributed by atoms with Gasteiger partial charge in [-0.25, -0.2) is 9.36 Å². The number of amides is 1. The van der Waals surface area contributed by atoms with Crippen molar-refractivity contribution in [1.82, 2.24) is 30.1 Å². The fraction of sp³-hybridized carbons (Fsp3) is 0.700. The minimum Gasteiger partial charge on any atom is -0.317 e. The van der Waals surface area contributed by atoms with Gasteiger partial charge in [-0.3, -0.25) is 4.79 Å². The zero-order chi connectivity index (χ0) is 20.7. The molecule has 1 aliphatic rings. The summed E-state index contributed by atoms with van der Waals surface area (Å²) in [4.78, 5) is 13.0. The van der Waals surface area contributed by atoms with Crippen molar-refractivity contribution in [3.8, 4) is 0 Å². The van der Waals surface area contributed by atoms with Crippen LogP contribution >= 0.6 is 12.4 Å². The van der Waals surface area contributed by atoms with E-state index in [2.05, 4.69) is 62.5 Å². The maximum Gasteiger partial charge on any atom is 0.279 e. The van der Waals surface area contributed by atoms with E-state index in [9.17, 15) is 4.79 Å². The quantitative estimate of drug-likeness (QED) is 0.789. The number of anilines is 1. The van der Waals surface area contributed by atoms with E-state index in [-0.39, 0.29) is 29.3 Å². The number of aromatic nitrogens is 5. The fourth-order valence-corrected chi connectivity index (χ4v) is 3.47. The molecule has 3 heterocycles. The second-order valence-corrected chi connectivity index (χ2v) is 9.65. The van der Waals surface area contributed by atoms with Crippen molar-refractivity contribution in [2.45, 2.75) is 78.3 Å². The van der Waals surface area contributed by atoms with Crippen LogP contribution in [0.2, 0.25) is 0 Å². The van der Waals surface area contributed by atoms with Crippen molar-refractivity contribution < 1.29 is 4.79 Å². The molecule has 0 bridgehead atoms. The molecule has 1 amide bonds. The van der Waals surface area contributed by atoms with Crippen LogP contribution in [0.5, 0.6) is 0 Å². The number of nitrogens with zero attached hydrogens (tertiary/aromatic N) is 5. The van der Waals surface area contributed by atoms with Crippen molar-refractivity contribution in [2.75, 3.05) is 18.4 Å². The van der Waals surface area contributed by atoms with Gasteiger partial charge in [-0.05, 0) is 53.6 Å². The van der Waals surface area contributed by atoms with Gasteiger partial charge >= 0.3 is 0 Å². The third kappa shape index (κ3) is 4.98. The molecule has 0 saturated carbocycles. The van der Waals surface area contributed by atoms with E-state index in [0.29, 0.717) is 17.6 Å². The highest BCUT2D eigenvalue weighted by Crippen LogP contribution is 2.28. The maximum absolute atomic E-state index is 13.0. The molecule has 1 aliphatic heterocycles. The molecule has 0 spiro atoms. The lowest BCUT2D eigenvalue weighted by atomic mass is 9.92. The molecule has 0 atom stereocenters. The highest BCUT2D eigenvalue weighted by Gasteiger charge is 2.28. The summed E-state index contributed by atoms with van der Waals surface area (Å²) in [5.41, 5.74) is 1.75. The van der Waals surface area contributed by atoms with Gasteiger partial charge in [0.2, 0.25) is 0 Å². The highest BCUT2D eigenvalue weighted by molar-refractivity contribution is 6.03. The average molecular weight is 424 g/mol. The zero-order valence-corrected chi connectivity index (χ0v) is 19.4. The first-order valence-electron chi connectivity index (χ1n) is 10.0. The third-order valence-corrected chi connectivity index (χ3v) is 5.15. The molecule has 1 fully saturated rings. The smallest absolute Gasteiger partial charge is 0.279 e. The fourth-order valence-electron chi connectivity index (χ4n) is 3.47. The topological polar surface area (TPSA) is 89.7 Å². The van der Waals surface area contributed by atoms with Gasteiger partial charge in [-0.15, -0.1) is 17.5 Å². The van der Waals surface area contributed by atoms with Crippen molar-refractivity contribution in [2.24, 2.45) is 0 Å². The summed E-state index contributed by atoms with van der Waals surface area (Å²) in [6.45, 7) is 16.4. The number of carbonyl (C=O) groups excluding carboxylic acids is 1. The Bertz CT molecular complexity index is 851. The Hall–Kier alpha value is -1.93. The minimum absolute atomic E-state index is 0. The van der Waals surface area contributed by atoms with Crippen LogP contribution in [-0.4, -0.2) is 43.8 Å². The molecule has 8 nitrogen and oxygen atoms in total. The summed E-state index contributed by atoms with van der Waals surface area (Å²) in [5, 5.41) is 19.6. The largest absolute Gasteiger partial charge is 0.317 e. The number of rotatable bonds is 3. The molecule has 9 heteroatoms. The van der Waals surface area contributed by atoms with Crippen molar-refractivity contribution in [3.05, 3.63) is 23.1 Å². The SMILES string of the molecule is Cc1c(C(=O)Nc2cc(C(C)(C)C)nn2C(C)(C)C)nnn1C1CCNCC1.Cl. The lowest BCUT2D eigenvalue weighted by molar-refractivity contribution is 0.102. The molecule has 162 valence electrons. The number of carbonyl (C=O) groups is 1. The van der Waals surface area contributed by atoms with Crippen molar-refractivity contribution in [3.63, 3.8) is 0 Å². The van der Waals surface area contributed by atoms with Crippen molar-refractivity contribution >= 4 is 24.1 Å². The van der Waals surface area contributed by atoms with E-state index < -0.39 is 0 Å². The van der Waals surface area contributed by atoms with Crippen LogP contribution in [0.4, 0.5) is 5.82 Å². The first kappa shape index (κ1) is 23.3. The Balaban J connectivity index is 0.00000300. The lowest BCUT2D eigenvalue weighted by Crippen LogP contribution is -2.30. The average Bonchev–Trinajstić information content (AvgIpc) is 3.19. The molecular formula is C20H34ClN7O. The Kier molecular flexibility index (Phi) is 6.79. The van der Waals surface area contributed by atoms with Crippen LogP contribution in [0.3, 0.4) is 0 Å². The molecule has 0 unspecified atom stereocenters. The van der Waals surface area contributed by atoms with Crippen LogP contribution in [0, 0.1) is 6.92 Å². The normalized spacial score (nSPS) is 15.8. The summed E-state index contributed by atoms with van der Waals surface area (Å²) in [6.07, 6.45) is 1.99. The van der Waals surface area contributed by atoms with E-state index in [0.717, 1.165) is 37.3 Å². The van der Waals surface area contributed by atoms with Gasteiger partial charge < -0.3 is 10.6 Å². The van der Waals surface area contributed by atoms with E-state index in [1.807, 2.05) is 22.4 Å². The van der Waals surface area contributed by atoms with Crippen LogP contribution in [-0.2, 0) is 11.0 Å². The number of hydrogen-bond acceptors (Lipinski definition) is 5. The van der Waals surface area contributed by atoms with Gasteiger partial charge in [0.25, 0.3) is 5.91 Å². The molecular weight excluding hydrogens is 390 g/mol. The van der Waals surface area contributed by atoms with Crippen molar-refractivity contribution in [1.29, 1.82) is 0 Å². The monoisotopic (exact) mass is 423 g/mol. The molecule has 1 saturated heterocycles. The Morgan fingerprint density at radius 2 is 1.79 bits per heavy atom. The minimum atomic E-state index is -0.256. The van der Waals surface area contributed by atoms with E-state index in [1.165, 1.54) is 0 Å². The predicted octanol–water partition coefficient (Wildman–Crippen LogP) is 3.43. The second kappa shape index (κ2) is 8.44. The van der Waals surface area contributed by atoms with E-state index in [1.54, 1.807) is 0 Å². The summed E-state index contributed by atoms with van der Waals surface area (Å²) in [7, 11) is 0. The van der Waals surface area contributed by atoms with Gasteiger partial charge in [0.1, 0.15) is 5.82 Å². The van der Waals surface area contributed by atoms with E-state index in [4.69, 9.17) is 5.10 Å². The van der Waals surface area contributed by atoms with Crippen LogP contribution in [0.15, 0.2) is 6.07 Å². The standard InChI is InChI=1S/C20H33N7O.ClH/c1-13-17(23-25-26(13)14-8-10-21-11-9-14)18(28)22-16-12-15(19(2,3)4)24-27(16)20(5,6)7;/h12,14,21H,8-11H2,1-7H3,(H,22,28);1H. The number of halogens is 1. The molecule has 29 heavy (non-hydrogen) atoms. The molecule has 0 aliphatic carbocycles. The van der Waals surface area contributed by atoms with Gasteiger partial charge in [-0.2, -0.15) is 5.10 Å². The third-order valence-electron chi connectivity index (χ3n) is 5.15. The van der Waals surface area contributed by atoms with Crippen LogP contribution in [0.1, 0.15) is 82.3 Å². The summed E-state index contributed by atoms with van der Waals surface area (Å²) in [5.74, 6) is 0.432. The lowest BCUT2D eigenvalue weighted by Gasteiger charge is -2.23. The van der Waals surface area contributed by atoms with Gasteiger partial charge in [0.05, 0.1) is 23.0 Å². The number of piperidine rings is 1. The Morgan fingerprint density at radius 1 is 1.17 bits per heavy atom. The summed E-state index contributed by atoms with van der Waals surface area (Å²) >= 11 is 0. The molecule has 3 rings (SSSR count). The summed E-state index contributed by atoms with van der Waals surface area (Å²) < 4.78 is 3.77. The van der Waals surface area contributed by atoms with Gasteiger partial charge in [0, 0.05) is 11.5 Å². The molecule has 0 radical (unpaired) electrons. The molecule has 2 aromatic rings. The Morgan fingerprint density at radius 3 is 2.34 bits per heavy atom. The summed E-state index contributed by atoms with van der Waals surface area (Å²) in [6, 6.07) is 2.25. The maximum atomic E-state index is 13.0. The highest BCUT2D eigenvalue weighted by atomic mass is 35.5. The molecule has 0 aromatic carbocycles. The molecule has 2 N–H and O–H groups in total. The first-order valence-corrected chi connectivity index (χ1v) is 10.0. The number of hydrogen-bond donors (Lipinski definition) is 2.